The second-order valence-corrected chi connectivity index (χ2v) is 6.63. The Labute approximate surface area is 94.9 Å². The summed E-state index contributed by atoms with van der Waals surface area (Å²) in [6.45, 7) is 10.7. The molecule has 0 heterocycles. The van der Waals surface area contributed by atoms with Crippen molar-refractivity contribution in [3.05, 3.63) is 0 Å². The number of hydrogen-bond acceptors (Lipinski definition) is 0. The Balaban J connectivity index is -0.000000112. The Morgan fingerprint density at radius 1 is 0.667 bits per heavy atom. The van der Waals surface area contributed by atoms with Crippen LogP contribution in [-0.4, -0.2) is 37.1 Å². The fraction of sp³-hybridized carbons (Fsp3) is 1.00. The van der Waals surface area contributed by atoms with Crippen molar-refractivity contribution >= 4 is 39.7 Å². The van der Waals surface area contributed by atoms with Crippen LogP contribution >= 0.6 is 9.24 Å². The van der Waals surface area contributed by atoms with Crippen molar-refractivity contribution in [2.24, 2.45) is 0 Å². The normalized spacial score (nSPS) is 6.17. The van der Waals surface area contributed by atoms with Crippen LogP contribution in [0.4, 0.5) is 0 Å². The van der Waals surface area contributed by atoms with E-state index in [9.17, 15) is 0 Å². The first kappa shape index (κ1) is 19.1. The molecule has 0 radical (unpaired) electrons. The third kappa shape index (κ3) is 41.9. The van der Waals surface area contributed by atoms with Crippen LogP contribution < -0.4 is 0 Å². The molecule has 0 fully saturated rings. The first-order valence-corrected chi connectivity index (χ1v) is 9.07. The molecule has 0 rings (SSSR count). The fourth-order valence-corrected chi connectivity index (χ4v) is 1.73. The molecule has 0 bridgehead atoms. The third-order valence-electron chi connectivity index (χ3n) is 1.15. The van der Waals surface area contributed by atoms with Gasteiger partial charge in [0, 0.05) is 0 Å². The van der Waals surface area contributed by atoms with E-state index in [4.69, 9.17) is 0 Å². The molecule has 0 amide bonds. The first-order valence-electron chi connectivity index (χ1n) is 4.91. The maximum Gasteiger partial charge on any atom is -0.378 e. The Hall–Kier alpha value is 1.49. The van der Waals surface area contributed by atoms with Gasteiger partial charge in [0.2, 0.25) is 0 Å². The number of rotatable bonds is 4. The minimum atomic E-state index is 0.815. The average Bonchev–Trinajstić information content (AvgIpc) is 2.12. The summed E-state index contributed by atoms with van der Waals surface area (Å²) >= 11 is 1.63. The molecule has 0 saturated carbocycles. The van der Waals surface area contributed by atoms with E-state index in [0.29, 0.717) is 0 Å². The van der Waals surface area contributed by atoms with Gasteiger partial charge in [0.1, 0.15) is 0 Å². The van der Waals surface area contributed by atoms with Crippen LogP contribution in [0.25, 0.3) is 0 Å². The van der Waals surface area contributed by atoms with E-state index in [0.717, 1.165) is 30.4 Å². The van der Waals surface area contributed by atoms with Crippen molar-refractivity contribution < 1.29 is 0 Å². The van der Waals surface area contributed by atoms with E-state index in [1.807, 2.05) is 0 Å². The molecular weight excluding hydrogens is 193 g/mol. The van der Waals surface area contributed by atoms with Crippen molar-refractivity contribution in [3.8, 4) is 0 Å². The molecule has 0 unspecified atom stereocenters. The minimum absolute atomic E-state index is 0.815. The summed E-state index contributed by atoms with van der Waals surface area (Å²) in [5.41, 5.74) is 0. The van der Waals surface area contributed by atoms with Crippen molar-refractivity contribution in [1.29, 1.82) is 0 Å². The molecule has 70 valence electrons. The van der Waals surface area contributed by atoms with E-state index in [2.05, 4.69) is 36.9 Å². The monoisotopic (exact) mass is 216 g/mol. The van der Waals surface area contributed by atoms with Gasteiger partial charge in [-0.15, -0.1) is 0 Å². The van der Waals surface area contributed by atoms with Gasteiger partial charge in [0.05, 0.1) is 0 Å². The minimum Gasteiger partial charge on any atom is -1.49 e. The smallest absolute Gasteiger partial charge is 0.378 e. The maximum absolute atomic E-state index is 3.53. The molecule has 0 aliphatic rings. The summed E-state index contributed by atoms with van der Waals surface area (Å²) in [5, 5.41) is 5.71. The molecule has 0 spiro atoms. The molecular formula is C9H23Al2P. The van der Waals surface area contributed by atoms with Gasteiger partial charge in [-0.2, -0.15) is 0 Å². The Bertz CT molecular complexity index is 33.5. The Morgan fingerprint density at radius 3 is 0.833 bits per heavy atom. The summed E-state index contributed by atoms with van der Waals surface area (Å²) in [5.74, 6) is 0. The van der Waals surface area contributed by atoms with E-state index in [1.165, 1.54) is 21.1 Å². The van der Waals surface area contributed by atoms with Crippen LogP contribution in [0.3, 0.4) is 0 Å². The zero-order valence-electron chi connectivity index (χ0n) is 9.43. The molecule has 3 heteroatoms. The van der Waals surface area contributed by atoms with Gasteiger partial charge in [-0.3, -0.25) is 0 Å². The van der Waals surface area contributed by atoms with Gasteiger partial charge >= 0.3 is 79.3 Å². The summed E-state index contributed by atoms with van der Waals surface area (Å²) in [6, 6.07) is 0. The zero-order chi connectivity index (χ0) is 10.2. The van der Waals surface area contributed by atoms with Crippen LogP contribution in [0.15, 0.2) is 0 Å². The Morgan fingerprint density at radius 2 is 0.833 bits per heavy atom. The molecule has 0 aromatic carbocycles. The average molecular weight is 216 g/mol. The fourth-order valence-electron chi connectivity index (χ4n) is 0.577. The second-order valence-electron chi connectivity index (χ2n) is 2.21. The summed E-state index contributed by atoms with van der Waals surface area (Å²) in [4.78, 5) is 0. The summed E-state index contributed by atoms with van der Waals surface area (Å²) in [7, 11) is 3.53. The van der Waals surface area contributed by atoms with E-state index in [1.54, 1.807) is 6.66 Å². The van der Waals surface area contributed by atoms with Gasteiger partial charge < -0.3 is 15.9 Å². The van der Waals surface area contributed by atoms with Crippen LogP contribution in [0.5, 0.6) is 0 Å². The molecule has 0 atom stereocenters. The Kier molecular flexibility index (Phi) is 46.8. The standard InChI is InChI=1S/4C2H5.CH3P.2Al/c5*1-2;;/h4*1H2,2H3;1H3;;/q;;;;-2;2*+1. The quantitative estimate of drug-likeness (QED) is 0.489. The predicted octanol–water partition coefficient (Wildman–Crippen LogP) is 4.16. The van der Waals surface area contributed by atoms with E-state index >= 15 is 0 Å². The molecule has 0 nitrogen and oxygen atoms in total. The molecule has 0 aliphatic carbocycles. The van der Waals surface area contributed by atoms with Crippen molar-refractivity contribution in [2.75, 3.05) is 6.66 Å². The predicted molar refractivity (Wildman–Crippen MR) is 66.3 cm³/mol. The SMILES string of the molecule is C[CH2][Al+][CH2]C.C[CH2][Al+][CH2]C.C[P-2]. The van der Waals surface area contributed by atoms with Gasteiger partial charge in [-0.05, 0) is 0 Å². The van der Waals surface area contributed by atoms with E-state index < -0.39 is 0 Å². The van der Waals surface area contributed by atoms with Crippen LogP contribution in [-0.2, 0) is 0 Å². The topological polar surface area (TPSA) is 0 Å². The largest absolute Gasteiger partial charge is 1.49 e. The molecule has 0 aromatic rings. The van der Waals surface area contributed by atoms with Crippen molar-refractivity contribution in [1.82, 2.24) is 0 Å². The molecule has 0 aromatic heterocycles. The maximum atomic E-state index is 3.53. The summed E-state index contributed by atoms with van der Waals surface area (Å²) in [6.07, 6.45) is 0. The van der Waals surface area contributed by atoms with Crippen molar-refractivity contribution in [2.45, 2.75) is 48.8 Å². The van der Waals surface area contributed by atoms with Gasteiger partial charge in [0.25, 0.3) is 0 Å². The van der Waals surface area contributed by atoms with Crippen molar-refractivity contribution in [3.63, 3.8) is 0 Å². The molecule has 0 aliphatic heterocycles. The van der Waals surface area contributed by atoms with Gasteiger partial charge in [-0.1, -0.05) is 0 Å². The molecule has 0 N–H and O–H groups in total. The number of hydrogen-bond donors (Lipinski definition) is 0. The van der Waals surface area contributed by atoms with Crippen LogP contribution in [0.1, 0.15) is 27.7 Å². The molecule has 12 heavy (non-hydrogen) atoms. The first-order chi connectivity index (χ1) is 5.83. The van der Waals surface area contributed by atoms with Gasteiger partial charge in [-0.25, -0.2) is 0 Å². The second kappa shape index (κ2) is 29.4. The van der Waals surface area contributed by atoms with E-state index in [-0.39, 0.29) is 0 Å². The third-order valence-corrected chi connectivity index (χ3v) is 3.46. The molecule has 0 saturated heterocycles. The van der Waals surface area contributed by atoms with Gasteiger partial charge in [0.15, 0.2) is 0 Å². The summed E-state index contributed by atoms with van der Waals surface area (Å²) < 4.78 is 0. The van der Waals surface area contributed by atoms with Crippen LogP contribution in [0.2, 0.25) is 21.1 Å². The van der Waals surface area contributed by atoms with Crippen LogP contribution in [0, 0.1) is 0 Å². The zero-order valence-corrected chi connectivity index (χ0v) is 12.6.